The summed E-state index contributed by atoms with van der Waals surface area (Å²) in [5.41, 5.74) is 9.05. The molecule has 7 heteroatoms. The number of rotatable bonds is 7. The second-order valence-electron chi connectivity index (χ2n) is 9.13. The quantitative estimate of drug-likeness (QED) is 0.284. The van der Waals surface area contributed by atoms with E-state index in [1.165, 1.54) is 0 Å². The lowest BCUT2D eigenvalue weighted by molar-refractivity contribution is 0.0999. The van der Waals surface area contributed by atoms with Gasteiger partial charge in [-0.2, -0.15) is 4.98 Å². The Labute approximate surface area is 209 Å². The van der Waals surface area contributed by atoms with Crippen LogP contribution in [0.2, 0.25) is 5.02 Å². The van der Waals surface area contributed by atoms with Crippen LogP contribution in [0.3, 0.4) is 0 Å². The van der Waals surface area contributed by atoms with Crippen LogP contribution in [0, 0.1) is 5.92 Å². The molecule has 1 aromatic heterocycles. The van der Waals surface area contributed by atoms with Crippen molar-refractivity contribution in [2.45, 2.75) is 38.1 Å². The highest BCUT2D eigenvalue weighted by atomic mass is 35.5. The minimum absolute atomic E-state index is 0.308. The molecule has 1 amide bonds. The van der Waals surface area contributed by atoms with Crippen LogP contribution in [-0.4, -0.2) is 21.9 Å². The van der Waals surface area contributed by atoms with Crippen molar-refractivity contribution in [1.82, 2.24) is 9.97 Å². The molecular weight excluding hydrogens is 458 g/mol. The van der Waals surface area contributed by atoms with Crippen molar-refractivity contribution in [3.63, 3.8) is 0 Å². The summed E-state index contributed by atoms with van der Waals surface area (Å²) in [6.45, 7) is 0. The van der Waals surface area contributed by atoms with Crippen LogP contribution >= 0.6 is 11.6 Å². The molecule has 5 rings (SSSR count). The van der Waals surface area contributed by atoms with Gasteiger partial charge in [0, 0.05) is 27.7 Å². The number of carbonyl (C=O) groups excluding carboxylic acids is 1. The average Bonchev–Trinajstić information content (AvgIpc) is 2.87. The van der Waals surface area contributed by atoms with Crippen LogP contribution in [-0.2, 0) is 6.42 Å². The lowest BCUT2D eigenvalue weighted by atomic mass is 9.81. The van der Waals surface area contributed by atoms with E-state index < -0.39 is 0 Å². The zero-order chi connectivity index (χ0) is 24.2. The lowest BCUT2D eigenvalue weighted by Gasteiger charge is -2.29. The number of hydrogen-bond donors (Lipinski definition) is 3. The van der Waals surface area contributed by atoms with Gasteiger partial charge in [0.05, 0.1) is 5.52 Å². The smallest absolute Gasteiger partial charge is 0.248 e. The Hall–Kier alpha value is -3.64. The lowest BCUT2D eigenvalue weighted by Crippen LogP contribution is -2.28. The SMILES string of the molecule is NC(=O)c1ccccc1CC1CCC(Nc2nc(Nc3ccc(Cl)cc3)c3ccccc3n2)CC1. The predicted octanol–water partition coefficient (Wildman–Crippen LogP) is 6.34. The minimum Gasteiger partial charge on any atom is -0.366 e. The van der Waals surface area contributed by atoms with E-state index in [-0.39, 0.29) is 5.91 Å². The van der Waals surface area contributed by atoms with Gasteiger partial charge < -0.3 is 16.4 Å². The van der Waals surface area contributed by atoms with Gasteiger partial charge in [-0.3, -0.25) is 4.79 Å². The number of halogens is 1. The fourth-order valence-electron chi connectivity index (χ4n) is 4.85. The molecule has 0 saturated heterocycles. The molecule has 0 radical (unpaired) electrons. The van der Waals surface area contributed by atoms with Crippen molar-refractivity contribution < 1.29 is 4.79 Å². The third kappa shape index (κ3) is 5.54. The number of anilines is 3. The topological polar surface area (TPSA) is 92.9 Å². The Kier molecular flexibility index (Phi) is 6.82. The van der Waals surface area contributed by atoms with Gasteiger partial charge in [0.2, 0.25) is 11.9 Å². The van der Waals surface area contributed by atoms with Crippen LogP contribution in [0.15, 0.2) is 72.8 Å². The van der Waals surface area contributed by atoms with Crippen molar-refractivity contribution in [1.29, 1.82) is 0 Å². The maximum Gasteiger partial charge on any atom is 0.248 e. The molecule has 35 heavy (non-hydrogen) atoms. The summed E-state index contributed by atoms with van der Waals surface area (Å²) >= 11 is 6.04. The first-order chi connectivity index (χ1) is 17.0. The monoisotopic (exact) mass is 485 g/mol. The number of aromatic nitrogens is 2. The maximum absolute atomic E-state index is 11.8. The molecule has 1 aliphatic carbocycles. The van der Waals surface area contributed by atoms with E-state index in [1.54, 1.807) is 0 Å². The first kappa shape index (κ1) is 23.1. The maximum atomic E-state index is 11.8. The first-order valence-electron chi connectivity index (χ1n) is 12.0. The van der Waals surface area contributed by atoms with Gasteiger partial charge in [-0.25, -0.2) is 4.98 Å². The fraction of sp³-hybridized carbons (Fsp3) is 0.250. The molecule has 0 aliphatic heterocycles. The van der Waals surface area contributed by atoms with Crippen LogP contribution in [0.5, 0.6) is 0 Å². The van der Waals surface area contributed by atoms with Gasteiger partial charge in [0.15, 0.2) is 0 Å². The van der Waals surface area contributed by atoms with Gasteiger partial charge in [-0.05, 0) is 86.1 Å². The standard InChI is InChI=1S/C28H28ClN5O/c29-20-11-15-21(16-12-20)31-27-24-7-3-4-8-25(24)33-28(34-27)32-22-13-9-18(10-14-22)17-19-5-1-2-6-23(19)26(30)35/h1-8,11-12,15-16,18,22H,9-10,13-14,17H2,(H2,30,35)(H2,31,32,33,34). The molecule has 0 unspecified atom stereocenters. The number of para-hydroxylation sites is 1. The highest BCUT2D eigenvalue weighted by Gasteiger charge is 2.23. The van der Waals surface area contributed by atoms with Gasteiger partial charge in [-0.1, -0.05) is 41.9 Å². The molecule has 3 aromatic carbocycles. The molecule has 1 saturated carbocycles. The van der Waals surface area contributed by atoms with Crippen LogP contribution < -0.4 is 16.4 Å². The Morgan fingerprint density at radius 1 is 0.914 bits per heavy atom. The first-order valence-corrected chi connectivity index (χ1v) is 12.4. The zero-order valence-corrected chi connectivity index (χ0v) is 20.1. The summed E-state index contributed by atoms with van der Waals surface area (Å²) in [5, 5.41) is 8.63. The third-order valence-corrected chi connectivity index (χ3v) is 6.93. The molecule has 1 aliphatic rings. The largest absolute Gasteiger partial charge is 0.366 e. The zero-order valence-electron chi connectivity index (χ0n) is 19.4. The van der Waals surface area contributed by atoms with E-state index in [2.05, 4.69) is 10.6 Å². The normalized spacial score (nSPS) is 17.7. The summed E-state index contributed by atoms with van der Waals surface area (Å²) in [7, 11) is 0. The molecule has 0 spiro atoms. The number of nitrogens with one attached hydrogen (secondary N) is 2. The summed E-state index contributed by atoms with van der Waals surface area (Å²) < 4.78 is 0. The van der Waals surface area contributed by atoms with Gasteiger partial charge in [0.25, 0.3) is 0 Å². The van der Waals surface area contributed by atoms with E-state index in [1.807, 2.05) is 72.8 Å². The van der Waals surface area contributed by atoms with Crippen molar-refractivity contribution in [3.05, 3.63) is 88.9 Å². The minimum atomic E-state index is -0.354. The predicted molar refractivity (Wildman–Crippen MR) is 142 cm³/mol. The Morgan fingerprint density at radius 2 is 1.63 bits per heavy atom. The molecule has 4 aromatic rings. The number of nitrogens with zero attached hydrogens (tertiary/aromatic N) is 2. The fourth-order valence-corrected chi connectivity index (χ4v) is 4.98. The van der Waals surface area contributed by atoms with Gasteiger partial charge >= 0.3 is 0 Å². The Bertz CT molecular complexity index is 1330. The molecule has 0 bridgehead atoms. The number of amides is 1. The molecule has 4 N–H and O–H groups in total. The van der Waals surface area contributed by atoms with Crippen LogP contribution in [0.1, 0.15) is 41.6 Å². The molecule has 1 heterocycles. The number of nitrogens with two attached hydrogens (primary N) is 1. The molecule has 6 nitrogen and oxygen atoms in total. The van der Waals surface area contributed by atoms with Gasteiger partial charge in [-0.15, -0.1) is 0 Å². The average molecular weight is 486 g/mol. The summed E-state index contributed by atoms with van der Waals surface area (Å²) in [4.78, 5) is 21.3. The number of carbonyl (C=O) groups is 1. The Morgan fingerprint density at radius 3 is 2.40 bits per heavy atom. The summed E-state index contributed by atoms with van der Waals surface area (Å²) in [6, 6.07) is 23.6. The molecular formula is C28H28ClN5O. The summed E-state index contributed by atoms with van der Waals surface area (Å²) in [6.07, 6.45) is 5.09. The highest BCUT2D eigenvalue weighted by Crippen LogP contribution is 2.31. The van der Waals surface area contributed by atoms with E-state index >= 15 is 0 Å². The molecule has 178 valence electrons. The Balaban J connectivity index is 1.27. The number of fused-ring (bicyclic) bond motifs is 1. The van der Waals surface area contributed by atoms with Crippen molar-refractivity contribution >= 4 is 45.9 Å². The van der Waals surface area contributed by atoms with E-state index in [4.69, 9.17) is 27.3 Å². The second kappa shape index (κ2) is 10.3. The van der Waals surface area contributed by atoms with Crippen molar-refractivity contribution in [2.75, 3.05) is 10.6 Å². The van der Waals surface area contributed by atoms with E-state index in [0.717, 1.165) is 60.1 Å². The van der Waals surface area contributed by atoms with Crippen LogP contribution in [0.25, 0.3) is 10.9 Å². The van der Waals surface area contributed by atoms with E-state index in [0.29, 0.717) is 28.5 Å². The number of hydrogen-bond acceptors (Lipinski definition) is 5. The van der Waals surface area contributed by atoms with Crippen molar-refractivity contribution in [3.8, 4) is 0 Å². The highest BCUT2D eigenvalue weighted by molar-refractivity contribution is 6.30. The molecule has 0 atom stereocenters. The van der Waals surface area contributed by atoms with Crippen LogP contribution in [0.4, 0.5) is 17.5 Å². The number of primary amides is 1. The van der Waals surface area contributed by atoms with Crippen molar-refractivity contribution in [2.24, 2.45) is 11.7 Å². The third-order valence-electron chi connectivity index (χ3n) is 6.68. The summed E-state index contributed by atoms with van der Waals surface area (Å²) in [5.74, 6) is 1.57. The molecule has 1 fully saturated rings. The van der Waals surface area contributed by atoms with E-state index in [9.17, 15) is 4.79 Å². The van der Waals surface area contributed by atoms with Gasteiger partial charge in [0.1, 0.15) is 5.82 Å². The number of benzene rings is 3. The second-order valence-corrected chi connectivity index (χ2v) is 9.57.